The van der Waals surface area contributed by atoms with Gasteiger partial charge in [-0.2, -0.15) is 13.2 Å². The molecule has 0 bridgehead atoms. The van der Waals surface area contributed by atoms with Crippen LogP contribution in [0.5, 0.6) is 0 Å². The van der Waals surface area contributed by atoms with Gasteiger partial charge in [0.15, 0.2) is 5.13 Å². The number of aromatic nitrogens is 2. The summed E-state index contributed by atoms with van der Waals surface area (Å²) in [7, 11) is 0. The van der Waals surface area contributed by atoms with Crippen LogP contribution in [0.3, 0.4) is 0 Å². The summed E-state index contributed by atoms with van der Waals surface area (Å²) in [5, 5.41) is 5.03. The van der Waals surface area contributed by atoms with Gasteiger partial charge >= 0.3 is 12.1 Å². The second-order valence-corrected chi connectivity index (χ2v) is 11.5. The summed E-state index contributed by atoms with van der Waals surface area (Å²) in [5.41, 5.74) is 2.03. The lowest BCUT2D eigenvalue weighted by Crippen LogP contribution is -2.37. The summed E-state index contributed by atoms with van der Waals surface area (Å²) in [6, 6.07) is 9.55. The van der Waals surface area contributed by atoms with Gasteiger partial charge in [-0.25, -0.2) is 9.78 Å². The molecule has 0 unspecified atom stereocenters. The van der Waals surface area contributed by atoms with Crippen LogP contribution >= 0.6 is 11.3 Å². The number of hydrogen-bond donors (Lipinski definition) is 0. The number of thiazole rings is 1. The average Bonchev–Trinajstić information content (AvgIpc) is 3.57. The number of esters is 1. The minimum absolute atomic E-state index is 0.0511. The van der Waals surface area contributed by atoms with Gasteiger partial charge in [0.1, 0.15) is 11.5 Å². The van der Waals surface area contributed by atoms with Gasteiger partial charge in [-0.3, -0.25) is 0 Å². The molecule has 3 heterocycles. The van der Waals surface area contributed by atoms with Crippen molar-refractivity contribution in [2.24, 2.45) is 0 Å². The number of benzene rings is 2. The topological polar surface area (TPSA) is 77.7 Å². The predicted molar refractivity (Wildman–Crippen MR) is 149 cm³/mol. The Morgan fingerprint density at radius 3 is 2.63 bits per heavy atom. The minimum atomic E-state index is -4.51. The number of rotatable bonds is 8. The number of fused-ring (bicyclic) bond motifs is 1. The van der Waals surface area contributed by atoms with E-state index in [9.17, 15) is 18.0 Å². The number of carbonyl (C=O) groups excluding carboxylic acids is 1. The molecule has 1 aliphatic heterocycles. The number of aryl methyl sites for hydroxylation is 1. The number of piperidine rings is 1. The third-order valence-corrected chi connectivity index (χ3v) is 8.72. The van der Waals surface area contributed by atoms with Gasteiger partial charge in [0.25, 0.3) is 0 Å². The predicted octanol–water partition coefficient (Wildman–Crippen LogP) is 7.52. The molecule has 1 saturated heterocycles. The van der Waals surface area contributed by atoms with Crippen molar-refractivity contribution in [1.82, 2.24) is 10.1 Å². The first-order chi connectivity index (χ1) is 19.7. The van der Waals surface area contributed by atoms with Crippen molar-refractivity contribution in [2.75, 3.05) is 24.6 Å². The van der Waals surface area contributed by atoms with E-state index in [0.29, 0.717) is 29.1 Å². The minimum Gasteiger partial charge on any atom is -0.462 e. The molecular weight excluding hydrogens is 555 g/mol. The lowest BCUT2D eigenvalue weighted by atomic mass is 9.95. The summed E-state index contributed by atoms with van der Waals surface area (Å²) >= 11 is 1.54. The molecule has 1 saturated carbocycles. The zero-order valence-corrected chi connectivity index (χ0v) is 23.6. The van der Waals surface area contributed by atoms with Gasteiger partial charge in [-0.1, -0.05) is 28.6 Å². The van der Waals surface area contributed by atoms with E-state index >= 15 is 0 Å². The molecule has 6 rings (SSSR count). The quantitative estimate of drug-likeness (QED) is 0.198. The molecule has 0 radical (unpaired) electrons. The van der Waals surface area contributed by atoms with E-state index in [2.05, 4.69) is 10.1 Å². The van der Waals surface area contributed by atoms with Crippen molar-refractivity contribution in [2.45, 2.75) is 64.3 Å². The second kappa shape index (κ2) is 11.1. The zero-order chi connectivity index (χ0) is 28.7. The maximum Gasteiger partial charge on any atom is 0.417 e. The summed E-state index contributed by atoms with van der Waals surface area (Å²) in [6.07, 6.45) is -1.19. The largest absolute Gasteiger partial charge is 0.462 e. The van der Waals surface area contributed by atoms with E-state index in [1.165, 1.54) is 17.4 Å². The van der Waals surface area contributed by atoms with Gasteiger partial charge in [0.05, 0.1) is 40.7 Å². The highest BCUT2D eigenvalue weighted by Gasteiger charge is 2.38. The number of hydrogen-bond acceptors (Lipinski definition) is 8. The SMILES string of the molecule is CCOC(=O)c1ccc2nc(N3CCC(OCc4c(-c5c(C)cccc5C(F)(F)F)noc4C4CC4)CC3)sc2c1. The first kappa shape index (κ1) is 27.7. The summed E-state index contributed by atoms with van der Waals surface area (Å²) in [6.45, 7) is 5.38. The molecule has 7 nitrogen and oxygen atoms in total. The van der Waals surface area contributed by atoms with Crippen LogP contribution < -0.4 is 4.90 Å². The van der Waals surface area contributed by atoms with E-state index in [4.69, 9.17) is 19.0 Å². The second-order valence-electron chi connectivity index (χ2n) is 10.5. The Bertz CT molecular complexity index is 1570. The third kappa shape index (κ3) is 5.70. The average molecular weight is 586 g/mol. The van der Waals surface area contributed by atoms with Crippen molar-refractivity contribution in [3.8, 4) is 11.3 Å². The maximum absolute atomic E-state index is 13.9. The fraction of sp³-hybridized carbons (Fsp3) is 0.433. The smallest absolute Gasteiger partial charge is 0.417 e. The van der Waals surface area contributed by atoms with Gasteiger partial charge in [0, 0.05) is 30.1 Å². The Kier molecular flexibility index (Phi) is 7.50. The fourth-order valence-corrected chi connectivity index (χ4v) is 6.40. The lowest BCUT2D eigenvalue weighted by Gasteiger charge is -2.31. The van der Waals surface area contributed by atoms with E-state index < -0.39 is 11.7 Å². The summed E-state index contributed by atoms with van der Waals surface area (Å²) in [4.78, 5) is 19.1. The zero-order valence-electron chi connectivity index (χ0n) is 22.8. The first-order valence-electron chi connectivity index (χ1n) is 13.8. The molecule has 0 spiro atoms. The van der Waals surface area contributed by atoms with Crippen LogP contribution in [0.1, 0.15) is 71.3 Å². The van der Waals surface area contributed by atoms with Crippen LogP contribution in [0.25, 0.3) is 21.5 Å². The summed E-state index contributed by atoms with van der Waals surface area (Å²) < 4.78 is 59.7. The Balaban J connectivity index is 1.15. The Morgan fingerprint density at radius 2 is 1.93 bits per heavy atom. The number of ether oxygens (including phenoxy) is 2. The number of alkyl halides is 3. The third-order valence-electron chi connectivity index (χ3n) is 7.65. The highest BCUT2D eigenvalue weighted by atomic mass is 32.1. The molecular formula is C30H30F3N3O4S. The number of nitrogens with zero attached hydrogens (tertiary/aromatic N) is 3. The molecule has 2 aromatic carbocycles. The van der Waals surface area contributed by atoms with Crippen molar-refractivity contribution in [3.63, 3.8) is 0 Å². The first-order valence-corrected chi connectivity index (χ1v) is 14.6. The molecule has 1 aliphatic carbocycles. The van der Waals surface area contributed by atoms with E-state index in [0.717, 1.165) is 60.2 Å². The lowest BCUT2D eigenvalue weighted by molar-refractivity contribution is -0.137. The molecule has 11 heteroatoms. The molecule has 4 aromatic rings. The monoisotopic (exact) mass is 585 g/mol. The van der Waals surface area contributed by atoms with Crippen molar-refractivity contribution in [3.05, 3.63) is 64.4 Å². The normalized spacial score (nSPS) is 16.5. The van der Waals surface area contributed by atoms with Crippen LogP contribution in [-0.4, -0.2) is 41.9 Å². The van der Waals surface area contributed by atoms with Crippen molar-refractivity contribution < 1.29 is 32.0 Å². The Hall–Kier alpha value is -3.44. The highest BCUT2D eigenvalue weighted by Crippen LogP contribution is 2.46. The Labute approximate surface area is 239 Å². The standard InChI is InChI=1S/C30H30F3N3O4S/c1-3-38-28(37)19-9-10-23-24(15-19)41-29(34-23)36-13-11-20(12-14-36)39-16-21-26(35-40-27(21)18-7-8-18)25-17(2)5-4-6-22(25)30(31,32)33/h4-6,9-10,15,18,20H,3,7-8,11-14,16H2,1-2H3. The molecule has 0 atom stereocenters. The Morgan fingerprint density at radius 1 is 1.15 bits per heavy atom. The molecule has 2 fully saturated rings. The van der Waals surface area contributed by atoms with Gasteiger partial charge < -0.3 is 18.9 Å². The fourth-order valence-electron chi connectivity index (χ4n) is 5.35. The van der Waals surface area contributed by atoms with Crippen molar-refractivity contribution >= 4 is 32.7 Å². The van der Waals surface area contributed by atoms with E-state index in [1.807, 2.05) is 12.1 Å². The van der Waals surface area contributed by atoms with Crippen LogP contribution in [0.4, 0.5) is 18.3 Å². The van der Waals surface area contributed by atoms with Gasteiger partial charge in [-0.15, -0.1) is 0 Å². The number of halogens is 3. The molecule has 0 N–H and O–H groups in total. The van der Waals surface area contributed by atoms with Crippen LogP contribution in [0.15, 0.2) is 40.9 Å². The van der Waals surface area contributed by atoms with Crippen LogP contribution in [0, 0.1) is 6.92 Å². The van der Waals surface area contributed by atoms with E-state index in [-0.39, 0.29) is 35.9 Å². The highest BCUT2D eigenvalue weighted by molar-refractivity contribution is 7.22. The summed E-state index contributed by atoms with van der Waals surface area (Å²) in [5.74, 6) is 0.476. The maximum atomic E-state index is 13.9. The van der Waals surface area contributed by atoms with Crippen LogP contribution in [-0.2, 0) is 22.3 Å². The number of anilines is 1. The molecule has 2 aromatic heterocycles. The molecule has 41 heavy (non-hydrogen) atoms. The molecule has 2 aliphatic rings. The molecule has 216 valence electrons. The van der Waals surface area contributed by atoms with E-state index in [1.54, 1.807) is 26.0 Å². The van der Waals surface area contributed by atoms with Crippen molar-refractivity contribution in [1.29, 1.82) is 0 Å². The van der Waals surface area contributed by atoms with Crippen LogP contribution in [0.2, 0.25) is 0 Å². The van der Waals surface area contributed by atoms with Gasteiger partial charge in [0.2, 0.25) is 0 Å². The number of carbonyl (C=O) groups is 1. The molecule has 0 amide bonds. The van der Waals surface area contributed by atoms with Gasteiger partial charge in [-0.05, 0) is 69.4 Å².